The minimum Gasteiger partial charge on any atom is -0.338 e. The van der Waals surface area contributed by atoms with Crippen LogP contribution < -0.4 is 10.6 Å². The molecule has 1 aliphatic carbocycles. The molecule has 140 valence electrons. The number of amides is 2. The number of carbonyl (C=O) groups is 1. The summed E-state index contributed by atoms with van der Waals surface area (Å²) in [6.07, 6.45) is 6.42. The van der Waals surface area contributed by atoms with Crippen molar-refractivity contribution in [2.75, 3.05) is 11.9 Å². The second-order valence-corrected chi connectivity index (χ2v) is 7.99. The lowest BCUT2D eigenvalue weighted by atomic mass is 9.72. The van der Waals surface area contributed by atoms with Gasteiger partial charge in [-0.3, -0.25) is 0 Å². The van der Waals surface area contributed by atoms with Gasteiger partial charge < -0.3 is 10.6 Å². The summed E-state index contributed by atoms with van der Waals surface area (Å²) < 4.78 is 14.8. The number of aromatic nitrogens is 2. The minimum atomic E-state index is -0.290. The first-order valence-electron chi connectivity index (χ1n) is 9.19. The van der Waals surface area contributed by atoms with Crippen LogP contribution in [0.5, 0.6) is 0 Å². The predicted molar refractivity (Wildman–Crippen MR) is 101 cm³/mol. The first-order valence-corrected chi connectivity index (χ1v) is 9.19. The second-order valence-electron chi connectivity index (χ2n) is 7.99. The third-order valence-electron chi connectivity index (χ3n) is 5.19. The molecule has 1 atom stereocenters. The number of nitrogens with one attached hydrogen (secondary N) is 2. The molecule has 0 saturated heterocycles. The predicted octanol–water partition coefficient (Wildman–Crippen LogP) is 4.66. The summed E-state index contributed by atoms with van der Waals surface area (Å²) in [7, 11) is 0. The molecule has 1 heterocycles. The van der Waals surface area contributed by atoms with Crippen molar-refractivity contribution >= 4 is 11.7 Å². The topological polar surface area (TPSA) is 59.0 Å². The molecule has 1 aromatic heterocycles. The monoisotopic (exact) mass is 358 g/mol. The standard InChI is InChI=1S/C20H27FN4O/c1-14-18(13-23-25(14)17-8-6-16(21)7-9-17)24-19(26)22-12-15-5-4-10-20(2,3)11-15/h6-9,13,15H,4-5,10-12H2,1-3H3,(H2,22,24,26). The number of hydrogen-bond donors (Lipinski definition) is 2. The van der Waals surface area contributed by atoms with E-state index >= 15 is 0 Å². The molecule has 3 rings (SSSR count). The van der Waals surface area contributed by atoms with Gasteiger partial charge >= 0.3 is 6.03 Å². The highest BCUT2D eigenvalue weighted by Gasteiger charge is 2.28. The normalized spacial score (nSPS) is 19.2. The van der Waals surface area contributed by atoms with E-state index in [0.717, 1.165) is 17.8 Å². The van der Waals surface area contributed by atoms with Crippen molar-refractivity contribution < 1.29 is 9.18 Å². The van der Waals surface area contributed by atoms with Crippen molar-refractivity contribution in [3.8, 4) is 5.69 Å². The molecule has 5 nitrogen and oxygen atoms in total. The zero-order valence-electron chi connectivity index (χ0n) is 15.7. The van der Waals surface area contributed by atoms with Gasteiger partial charge in [0.05, 0.1) is 23.3 Å². The highest BCUT2D eigenvalue weighted by atomic mass is 19.1. The summed E-state index contributed by atoms with van der Waals surface area (Å²) in [6.45, 7) is 7.16. The number of hydrogen-bond acceptors (Lipinski definition) is 2. The van der Waals surface area contributed by atoms with Gasteiger partial charge in [0, 0.05) is 6.54 Å². The molecule has 2 aromatic rings. The van der Waals surface area contributed by atoms with Gasteiger partial charge in [-0.25, -0.2) is 13.9 Å². The highest BCUT2D eigenvalue weighted by molar-refractivity contribution is 5.89. The maximum absolute atomic E-state index is 13.1. The Labute approximate surface area is 154 Å². The summed E-state index contributed by atoms with van der Waals surface area (Å²) in [5, 5.41) is 10.1. The van der Waals surface area contributed by atoms with Crippen molar-refractivity contribution in [1.82, 2.24) is 15.1 Å². The summed E-state index contributed by atoms with van der Waals surface area (Å²) in [5.41, 5.74) is 2.57. The van der Waals surface area contributed by atoms with Gasteiger partial charge in [-0.1, -0.05) is 20.3 Å². The number of rotatable bonds is 4. The molecular weight excluding hydrogens is 331 g/mol. The Bertz CT molecular complexity index is 767. The van der Waals surface area contributed by atoms with Gasteiger partial charge in [-0.2, -0.15) is 5.10 Å². The van der Waals surface area contributed by atoms with Gasteiger partial charge in [0.2, 0.25) is 0 Å². The third-order valence-corrected chi connectivity index (χ3v) is 5.19. The van der Waals surface area contributed by atoms with Crippen LogP contribution in [-0.4, -0.2) is 22.4 Å². The Balaban J connectivity index is 1.57. The average Bonchev–Trinajstić information content (AvgIpc) is 2.94. The number of anilines is 1. The van der Waals surface area contributed by atoms with E-state index in [4.69, 9.17) is 0 Å². The van der Waals surface area contributed by atoms with E-state index in [1.807, 2.05) is 6.92 Å². The maximum atomic E-state index is 13.1. The first kappa shape index (κ1) is 18.4. The van der Waals surface area contributed by atoms with E-state index in [1.54, 1.807) is 23.0 Å². The number of halogens is 1. The van der Waals surface area contributed by atoms with Crippen LogP contribution in [0, 0.1) is 24.1 Å². The summed E-state index contributed by atoms with van der Waals surface area (Å²) >= 11 is 0. The molecule has 0 bridgehead atoms. The highest BCUT2D eigenvalue weighted by Crippen LogP contribution is 2.38. The van der Waals surface area contributed by atoms with E-state index in [-0.39, 0.29) is 11.8 Å². The fourth-order valence-corrected chi connectivity index (χ4v) is 3.81. The number of urea groups is 1. The molecule has 2 amide bonds. The molecule has 1 aliphatic rings. The van der Waals surface area contributed by atoms with E-state index in [9.17, 15) is 9.18 Å². The van der Waals surface area contributed by atoms with E-state index in [1.165, 1.54) is 31.4 Å². The number of nitrogens with zero attached hydrogens (tertiary/aromatic N) is 2. The van der Waals surface area contributed by atoms with Gasteiger partial charge in [0.1, 0.15) is 5.82 Å². The quantitative estimate of drug-likeness (QED) is 0.835. The van der Waals surface area contributed by atoms with Crippen LogP contribution in [0.15, 0.2) is 30.5 Å². The summed E-state index contributed by atoms with van der Waals surface area (Å²) in [4.78, 5) is 12.3. The van der Waals surface area contributed by atoms with Gasteiger partial charge in [-0.05, 0) is 61.8 Å². The molecule has 6 heteroatoms. The van der Waals surface area contributed by atoms with E-state index < -0.39 is 0 Å². The molecule has 1 saturated carbocycles. The Morgan fingerprint density at radius 1 is 1.35 bits per heavy atom. The van der Waals surface area contributed by atoms with E-state index in [0.29, 0.717) is 23.6 Å². The van der Waals surface area contributed by atoms with Crippen LogP contribution in [0.3, 0.4) is 0 Å². The van der Waals surface area contributed by atoms with Gasteiger partial charge in [0.25, 0.3) is 0 Å². The lowest BCUT2D eigenvalue weighted by molar-refractivity contribution is 0.177. The van der Waals surface area contributed by atoms with Gasteiger partial charge in [0.15, 0.2) is 0 Å². The average molecular weight is 358 g/mol. The Morgan fingerprint density at radius 3 is 2.77 bits per heavy atom. The fraction of sp³-hybridized carbons (Fsp3) is 0.500. The molecule has 1 fully saturated rings. The molecule has 0 radical (unpaired) electrons. The molecule has 0 aliphatic heterocycles. The van der Waals surface area contributed by atoms with Crippen LogP contribution in [0.2, 0.25) is 0 Å². The lowest BCUT2D eigenvalue weighted by Gasteiger charge is -2.35. The van der Waals surface area contributed by atoms with E-state index in [2.05, 4.69) is 29.6 Å². The van der Waals surface area contributed by atoms with Crippen LogP contribution in [-0.2, 0) is 0 Å². The first-order chi connectivity index (χ1) is 12.3. The maximum Gasteiger partial charge on any atom is 0.319 e. The molecular formula is C20H27FN4O. The van der Waals surface area contributed by atoms with Crippen molar-refractivity contribution in [3.63, 3.8) is 0 Å². The molecule has 0 spiro atoms. The summed E-state index contributed by atoms with van der Waals surface area (Å²) in [6, 6.07) is 5.88. The van der Waals surface area contributed by atoms with Gasteiger partial charge in [-0.15, -0.1) is 0 Å². The van der Waals surface area contributed by atoms with Crippen LogP contribution in [0.25, 0.3) is 5.69 Å². The third kappa shape index (κ3) is 4.42. The van der Waals surface area contributed by atoms with Crippen LogP contribution in [0.1, 0.15) is 45.2 Å². The zero-order valence-corrected chi connectivity index (χ0v) is 15.7. The van der Waals surface area contributed by atoms with Crippen molar-refractivity contribution in [1.29, 1.82) is 0 Å². The number of benzene rings is 1. The van der Waals surface area contributed by atoms with Crippen LogP contribution >= 0.6 is 0 Å². The smallest absolute Gasteiger partial charge is 0.319 e. The SMILES string of the molecule is Cc1c(NC(=O)NCC2CCCC(C)(C)C2)cnn1-c1ccc(F)cc1. The van der Waals surface area contributed by atoms with Crippen LogP contribution in [0.4, 0.5) is 14.9 Å². The lowest BCUT2D eigenvalue weighted by Crippen LogP contribution is -2.36. The van der Waals surface area contributed by atoms with Crippen molar-refractivity contribution in [2.45, 2.75) is 46.5 Å². The Kier molecular flexibility index (Phi) is 5.30. The second kappa shape index (κ2) is 7.48. The van der Waals surface area contributed by atoms with Crippen molar-refractivity contribution in [3.05, 3.63) is 42.0 Å². The minimum absolute atomic E-state index is 0.213. The fourth-order valence-electron chi connectivity index (χ4n) is 3.81. The molecule has 26 heavy (non-hydrogen) atoms. The largest absolute Gasteiger partial charge is 0.338 e. The Hall–Kier alpha value is -2.37. The summed E-state index contributed by atoms with van der Waals surface area (Å²) in [5.74, 6) is 0.245. The Morgan fingerprint density at radius 2 is 2.08 bits per heavy atom. The molecule has 1 unspecified atom stereocenters. The van der Waals surface area contributed by atoms with Crippen molar-refractivity contribution in [2.24, 2.45) is 11.3 Å². The molecule has 1 aromatic carbocycles. The number of carbonyl (C=O) groups excluding carboxylic acids is 1. The molecule has 2 N–H and O–H groups in total. The zero-order chi connectivity index (χ0) is 18.7.